The number of hydrogen-bond acceptors (Lipinski definition) is 4. The smallest absolute Gasteiger partial charge is 0.338 e. The van der Waals surface area contributed by atoms with E-state index in [1.807, 2.05) is 30.3 Å². The molecular formula is C16H13NO4. The van der Waals surface area contributed by atoms with E-state index in [0.717, 1.165) is 5.56 Å². The van der Waals surface area contributed by atoms with Crippen LogP contribution in [0.25, 0.3) is 11.6 Å². The molecule has 0 atom stereocenters. The Bertz CT molecular complexity index is 675. The highest BCUT2D eigenvalue weighted by atomic mass is 16.6. The molecule has 0 radical (unpaired) electrons. The van der Waals surface area contributed by atoms with Crippen molar-refractivity contribution in [2.75, 3.05) is 7.11 Å². The van der Waals surface area contributed by atoms with Crippen LogP contribution in [0.5, 0.6) is 0 Å². The zero-order valence-electron chi connectivity index (χ0n) is 11.4. The Morgan fingerprint density at radius 1 is 1.10 bits per heavy atom. The standard InChI is InChI=1S/C16H13NO4/c1-21-16(18)15(11-12-5-3-2-4-6-12)13-7-9-14(10-8-13)17(19)20/h2-11H,1H3. The topological polar surface area (TPSA) is 69.4 Å². The van der Waals surface area contributed by atoms with Crippen molar-refractivity contribution in [2.45, 2.75) is 0 Å². The Morgan fingerprint density at radius 2 is 1.71 bits per heavy atom. The predicted octanol–water partition coefficient (Wildman–Crippen LogP) is 3.31. The number of benzene rings is 2. The normalized spacial score (nSPS) is 11.0. The Labute approximate surface area is 121 Å². The van der Waals surface area contributed by atoms with Gasteiger partial charge in [-0.2, -0.15) is 0 Å². The summed E-state index contributed by atoms with van der Waals surface area (Å²) in [4.78, 5) is 22.1. The van der Waals surface area contributed by atoms with Gasteiger partial charge in [0.05, 0.1) is 17.6 Å². The highest BCUT2D eigenvalue weighted by molar-refractivity contribution is 6.21. The van der Waals surface area contributed by atoms with E-state index in [0.29, 0.717) is 11.1 Å². The predicted molar refractivity (Wildman–Crippen MR) is 79.4 cm³/mol. The molecule has 2 aromatic rings. The van der Waals surface area contributed by atoms with Gasteiger partial charge in [0, 0.05) is 12.1 Å². The molecule has 5 heteroatoms. The average Bonchev–Trinajstić information content (AvgIpc) is 2.53. The maximum Gasteiger partial charge on any atom is 0.338 e. The quantitative estimate of drug-likeness (QED) is 0.284. The van der Waals surface area contributed by atoms with Gasteiger partial charge in [0.25, 0.3) is 5.69 Å². The highest BCUT2D eigenvalue weighted by Crippen LogP contribution is 2.22. The van der Waals surface area contributed by atoms with Gasteiger partial charge in [-0.1, -0.05) is 30.3 Å². The highest BCUT2D eigenvalue weighted by Gasteiger charge is 2.14. The van der Waals surface area contributed by atoms with Crippen molar-refractivity contribution in [1.29, 1.82) is 0 Å². The minimum absolute atomic E-state index is 0.0253. The third-order valence-electron chi connectivity index (χ3n) is 2.91. The van der Waals surface area contributed by atoms with Crippen molar-refractivity contribution in [3.05, 3.63) is 75.8 Å². The molecule has 0 aromatic heterocycles. The maximum absolute atomic E-state index is 11.9. The fourth-order valence-electron chi connectivity index (χ4n) is 1.85. The Morgan fingerprint density at radius 3 is 2.24 bits per heavy atom. The third kappa shape index (κ3) is 3.54. The molecule has 0 aliphatic carbocycles. The number of ether oxygens (including phenoxy) is 1. The molecule has 0 fully saturated rings. The molecular weight excluding hydrogens is 270 g/mol. The molecule has 0 N–H and O–H groups in total. The van der Waals surface area contributed by atoms with E-state index < -0.39 is 10.9 Å². The lowest BCUT2D eigenvalue weighted by molar-refractivity contribution is -0.384. The third-order valence-corrected chi connectivity index (χ3v) is 2.91. The summed E-state index contributed by atoms with van der Waals surface area (Å²) in [5.74, 6) is -0.493. The van der Waals surface area contributed by atoms with Gasteiger partial charge in [0.1, 0.15) is 0 Å². The van der Waals surface area contributed by atoms with E-state index in [9.17, 15) is 14.9 Å². The van der Waals surface area contributed by atoms with Crippen molar-refractivity contribution < 1.29 is 14.5 Å². The number of carbonyl (C=O) groups is 1. The summed E-state index contributed by atoms with van der Waals surface area (Å²) in [5.41, 5.74) is 1.73. The van der Waals surface area contributed by atoms with Gasteiger partial charge in [-0.3, -0.25) is 10.1 Å². The van der Waals surface area contributed by atoms with Gasteiger partial charge >= 0.3 is 5.97 Å². The molecule has 0 amide bonds. The lowest BCUT2D eigenvalue weighted by Gasteiger charge is -2.06. The summed E-state index contributed by atoms with van der Waals surface area (Å²) in [7, 11) is 1.30. The van der Waals surface area contributed by atoms with E-state index in [1.165, 1.54) is 31.4 Å². The number of nitro groups is 1. The number of nitrogens with zero attached hydrogens (tertiary/aromatic N) is 1. The summed E-state index contributed by atoms with van der Waals surface area (Å²) in [5, 5.41) is 10.7. The Kier molecular flexibility index (Phi) is 4.46. The van der Waals surface area contributed by atoms with E-state index in [1.54, 1.807) is 6.08 Å². The zero-order chi connectivity index (χ0) is 15.2. The largest absolute Gasteiger partial charge is 0.465 e. The van der Waals surface area contributed by atoms with Gasteiger partial charge in [-0.15, -0.1) is 0 Å². The molecule has 0 aliphatic heterocycles. The van der Waals surface area contributed by atoms with Crippen LogP contribution < -0.4 is 0 Å². The Hall–Kier alpha value is -2.95. The lowest BCUT2D eigenvalue weighted by Crippen LogP contribution is -2.04. The molecule has 5 nitrogen and oxygen atoms in total. The lowest BCUT2D eigenvalue weighted by atomic mass is 10.0. The van der Waals surface area contributed by atoms with Crippen LogP contribution in [-0.2, 0) is 9.53 Å². The molecule has 0 saturated heterocycles. The second-order valence-corrected chi connectivity index (χ2v) is 4.26. The van der Waals surface area contributed by atoms with Crippen LogP contribution in [0.4, 0.5) is 5.69 Å². The molecule has 0 saturated carbocycles. The first-order valence-corrected chi connectivity index (χ1v) is 6.21. The average molecular weight is 283 g/mol. The van der Waals surface area contributed by atoms with Crippen LogP contribution in [0.2, 0.25) is 0 Å². The number of rotatable bonds is 4. The van der Waals surface area contributed by atoms with E-state index in [2.05, 4.69) is 0 Å². The fourth-order valence-corrected chi connectivity index (χ4v) is 1.85. The van der Waals surface area contributed by atoms with E-state index >= 15 is 0 Å². The monoisotopic (exact) mass is 283 g/mol. The van der Waals surface area contributed by atoms with Crippen molar-refractivity contribution in [1.82, 2.24) is 0 Å². The SMILES string of the molecule is COC(=O)C(=Cc1ccccc1)c1ccc([N+](=O)[O-])cc1. The minimum Gasteiger partial charge on any atom is -0.465 e. The summed E-state index contributed by atoms with van der Waals surface area (Å²) < 4.78 is 4.78. The summed E-state index contributed by atoms with van der Waals surface area (Å²) in [6.07, 6.45) is 1.69. The number of carbonyl (C=O) groups excluding carboxylic acids is 1. The van der Waals surface area contributed by atoms with Crippen LogP contribution in [0.1, 0.15) is 11.1 Å². The van der Waals surface area contributed by atoms with Crippen LogP contribution in [0.15, 0.2) is 54.6 Å². The van der Waals surface area contributed by atoms with Crippen molar-refractivity contribution in [2.24, 2.45) is 0 Å². The molecule has 0 spiro atoms. The second-order valence-electron chi connectivity index (χ2n) is 4.26. The molecule has 106 valence electrons. The minimum atomic E-state index is -0.493. The van der Waals surface area contributed by atoms with Gasteiger partial charge in [0.15, 0.2) is 0 Å². The van der Waals surface area contributed by atoms with Crippen molar-refractivity contribution in [3.8, 4) is 0 Å². The van der Waals surface area contributed by atoms with Crippen molar-refractivity contribution in [3.63, 3.8) is 0 Å². The van der Waals surface area contributed by atoms with Crippen LogP contribution in [0, 0.1) is 10.1 Å². The van der Waals surface area contributed by atoms with Crippen molar-refractivity contribution >= 4 is 23.3 Å². The van der Waals surface area contributed by atoms with Gasteiger partial charge in [0.2, 0.25) is 0 Å². The summed E-state index contributed by atoms with van der Waals surface area (Å²) in [6.45, 7) is 0. The second kappa shape index (κ2) is 6.47. The molecule has 0 aliphatic rings. The van der Waals surface area contributed by atoms with Crippen LogP contribution in [-0.4, -0.2) is 18.0 Å². The molecule has 0 heterocycles. The summed E-state index contributed by atoms with van der Waals surface area (Å²) in [6, 6.07) is 15.1. The number of esters is 1. The van der Waals surface area contributed by atoms with Crippen LogP contribution in [0.3, 0.4) is 0 Å². The van der Waals surface area contributed by atoms with Crippen LogP contribution >= 0.6 is 0 Å². The fraction of sp³-hybridized carbons (Fsp3) is 0.0625. The first kappa shape index (κ1) is 14.5. The van der Waals surface area contributed by atoms with Gasteiger partial charge in [-0.05, 0) is 29.3 Å². The number of hydrogen-bond donors (Lipinski definition) is 0. The molecule has 0 bridgehead atoms. The zero-order valence-corrected chi connectivity index (χ0v) is 11.4. The molecule has 21 heavy (non-hydrogen) atoms. The maximum atomic E-state index is 11.9. The first-order chi connectivity index (χ1) is 10.1. The number of nitro benzene ring substituents is 1. The van der Waals surface area contributed by atoms with Gasteiger partial charge in [-0.25, -0.2) is 4.79 Å². The molecule has 2 rings (SSSR count). The number of methoxy groups -OCH3 is 1. The first-order valence-electron chi connectivity index (χ1n) is 6.21. The number of non-ortho nitro benzene ring substituents is 1. The Balaban J connectivity index is 2.43. The summed E-state index contributed by atoms with van der Waals surface area (Å²) >= 11 is 0. The van der Waals surface area contributed by atoms with Gasteiger partial charge < -0.3 is 4.74 Å². The molecule has 0 unspecified atom stereocenters. The molecule has 2 aromatic carbocycles. The van der Waals surface area contributed by atoms with E-state index in [4.69, 9.17) is 4.74 Å². The van der Waals surface area contributed by atoms with E-state index in [-0.39, 0.29) is 5.69 Å².